The van der Waals surface area contributed by atoms with E-state index in [1.54, 1.807) is 49.6 Å². The van der Waals surface area contributed by atoms with E-state index in [-0.39, 0.29) is 12.4 Å². The zero-order valence-electron chi connectivity index (χ0n) is 15.4. The summed E-state index contributed by atoms with van der Waals surface area (Å²) < 4.78 is 15.4. The summed E-state index contributed by atoms with van der Waals surface area (Å²) in [6, 6.07) is 13.2. The number of anilines is 1. The Labute approximate surface area is 157 Å². The standard InChI is InChI=1S/C20H21NO6/c1-13(22)15-5-4-6-18(11-15)26-12-19(23)27-14(2)20(24)21-16-7-9-17(25-3)10-8-16/h4-11,14H,12H2,1-3H3,(H,21,24)/t14-/m1/s1. The van der Waals surface area contributed by atoms with Crippen LogP contribution in [0.2, 0.25) is 0 Å². The van der Waals surface area contributed by atoms with E-state index in [9.17, 15) is 14.4 Å². The van der Waals surface area contributed by atoms with Crippen LogP contribution in [0.5, 0.6) is 11.5 Å². The highest BCUT2D eigenvalue weighted by atomic mass is 16.6. The normalized spacial score (nSPS) is 11.2. The van der Waals surface area contributed by atoms with Gasteiger partial charge >= 0.3 is 5.97 Å². The van der Waals surface area contributed by atoms with Crippen molar-refractivity contribution in [2.75, 3.05) is 19.0 Å². The molecule has 0 bridgehead atoms. The predicted molar refractivity (Wildman–Crippen MR) is 99.1 cm³/mol. The number of hydrogen-bond donors (Lipinski definition) is 1. The van der Waals surface area contributed by atoms with Gasteiger partial charge in [0.05, 0.1) is 7.11 Å². The van der Waals surface area contributed by atoms with E-state index in [0.29, 0.717) is 22.7 Å². The molecule has 2 aromatic rings. The fourth-order valence-corrected chi connectivity index (χ4v) is 2.15. The molecule has 0 fully saturated rings. The molecular formula is C20H21NO6. The Balaban J connectivity index is 1.82. The Morgan fingerprint density at radius 3 is 2.37 bits per heavy atom. The highest BCUT2D eigenvalue weighted by Gasteiger charge is 2.18. The quantitative estimate of drug-likeness (QED) is 0.567. The van der Waals surface area contributed by atoms with E-state index < -0.39 is 18.0 Å². The molecule has 142 valence electrons. The van der Waals surface area contributed by atoms with Crippen molar-refractivity contribution < 1.29 is 28.6 Å². The highest BCUT2D eigenvalue weighted by molar-refractivity contribution is 5.95. The summed E-state index contributed by atoms with van der Waals surface area (Å²) in [6.07, 6.45) is -0.994. The number of ketones is 1. The van der Waals surface area contributed by atoms with Gasteiger partial charge in [0.1, 0.15) is 11.5 Å². The highest BCUT2D eigenvalue weighted by Crippen LogP contribution is 2.16. The van der Waals surface area contributed by atoms with E-state index in [4.69, 9.17) is 14.2 Å². The summed E-state index contributed by atoms with van der Waals surface area (Å²) in [5.41, 5.74) is 1.04. The van der Waals surface area contributed by atoms with Crippen LogP contribution in [0.15, 0.2) is 48.5 Å². The SMILES string of the molecule is COc1ccc(NC(=O)[C@@H](C)OC(=O)COc2cccc(C(C)=O)c2)cc1. The number of Topliss-reactive ketones (excluding diaryl/α,β-unsaturated/α-hetero) is 1. The number of nitrogens with one attached hydrogen (secondary N) is 1. The summed E-state index contributed by atoms with van der Waals surface area (Å²) in [7, 11) is 1.55. The van der Waals surface area contributed by atoms with Gasteiger partial charge in [-0.25, -0.2) is 4.79 Å². The lowest BCUT2D eigenvalue weighted by Crippen LogP contribution is -2.31. The lowest BCUT2D eigenvalue weighted by Gasteiger charge is -2.14. The third kappa shape index (κ3) is 6.14. The fraction of sp³-hybridized carbons (Fsp3) is 0.250. The molecular weight excluding hydrogens is 350 g/mol. The van der Waals surface area contributed by atoms with Gasteiger partial charge in [0, 0.05) is 11.3 Å². The van der Waals surface area contributed by atoms with E-state index in [1.807, 2.05) is 0 Å². The molecule has 0 unspecified atom stereocenters. The van der Waals surface area contributed by atoms with Gasteiger partial charge in [-0.15, -0.1) is 0 Å². The van der Waals surface area contributed by atoms with Crippen molar-refractivity contribution in [2.45, 2.75) is 20.0 Å². The largest absolute Gasteiger partial charge is 0.497 e. The molecule has 2 aromatic carbocycles. The molecule has 7 nitrogen and oxygen atoms in total. The summed E-state index contributed by atoms with van der Waals surface area (Å²) in [5, 5.41) is 2.64. The second-order valence-corrected chi connectivity index (χ2v) is 5.72. The predicted octanol–water partition coefficient (Wildman–Crippen LogP) is 2.85. The Hall–Kier alpha value is -3.35. The number of rotatable bonds is 8. The molecule has 7 heteroatoms. The van der Waals surface area contributed by atoms with Gasteiger partial charge in [-0.2, -0.15) is 0 Å². The summed E-state index contributed by atoms with van der Waals surface area (Å²) in [5.74, 6) is -0.229. The number of benzene rings is 2. The number of carbonyl (C=O) groups is 3. The topological polar surface area (TPSA) is 90.9 Å². The summed E-state index contributed by atoms with van der Waals surface area (Å²) >= 11 is 0. The first-order valence-corrected chi connectivity index (χ1v) is 8.27. The van der Waals surface area contributed by atoms with E-state index in [0.717, 1.165) is 0 Å². The zero-order valence-corrected chi connectivity index (χ0v) is 15.4. The van der Waals surface area contributed by atoms with Crippen molar-refractivity contribution in [2.24, 2.45) is 0 Å². The number of esters is 1. The molecule has 0 saturated heterocycles. The molecule has 27 heavy (non-hydrogen) atoms. The average molecular weight is 371 g/mol. The van der Waals surface area contributed by atoms with Gasteiger partial charge in [0.25, 0.3) is 5.91 Å². The first-order valence-electron chi connectivity index (χ1n) is 8.27. The molecule has 1 atom stereocenters. The van der Waals surface area contributed by atoms with Crippen LogP contribution >= 0.6 is 0 Å². The molecule has 1 amide bonds. The number of ether oxygens (including phenoxy) is 3. The van der Waals surface area contributed by atoms with Crippen LogP contribution in [0.4, 0.5) is 5.69 Å². The maximum atomic E-state index is 12.1. The maximum absolute atomic E-state index is 12.1. The molecule has 0 saturated carbocycles. The Morgan fingerprint density at radius 2 is 1.74 bits per heavy atom. The van der Waals surface area contributed by atoms with Gasteiger partial charge < -0.3 is 19.5 Å². The number of hydrogen-bond acceptors (Lipinski definition) is 6. The molecule has 0 aliphatic carbocycles. The van der Waals surface area contributed by atoms with Gasteiger partial charge in [0.2, 0.25) is 0 Å². The van der Waals surface area contributed by atoms with Crippen LogP contribution in [0.3, 0.4) is 0 Å². The maximum Gasteiger partial charge on any atom is 0.344 e. The number of carbonyl (C=O) groups excluding carboxylic acids is 3. The minimum absolute atomic E-state index is 0.105. The van der Waals surface area contributed by atoms with Gasteiger partial charge in [-0.3, -0.25) is 9.59 Å². The monoisotopic (exact) mass is 371 g/mol. The second-order valence-electron chi connectivity index (χ2n) is 5.72. The lowest BCUT2D eigenvalue weighted by molar-refractivity contribution is -0.155. The number of amides is 1. The first-order chi connectivity index (χ1) is 12.9. The molecule has 0 heterocycles. The van der Waals surface area contributed by atoms with Gasteiger partial charge in [-0.05, 0) is 50.2 Å². The van der Waals surface area contributed by atoms with Gasteiger partial charge in [-0.1, -0.05) is 12.1 Å². The molecule has 2 rings (SSSR count). The van der Waals surface area contributed by atoms with Crippen molar-refractivity contribution in [3.8, 4) is 11.5 Å². The van der Waals surface area contributed by atoms with Crippen molar-refractivity contribution in [1.29, 1.82) is 0 Å². The van der Waals surface area contributed by atoms with Crippen molar-refractivity contribution in [1.82, 2.24) is 0 Å². The molecule has 0 spiro atoms. The molecule has 0 aliphatic heterocycles. The third-order valence-electron chi connectivity index (χ3n) is 3.63. The number of methoxy groups -OCH3 is 1. The van der Waals surface area contributed by atoms with Crippen LogP contribution in [-0.4, -0.2) is 37.5 Å². The average Bonchev–Trinajstić information content (AvgIpc) is 2.67. The van der Waals surface area contributed by atoms with Crippen LogP contribution < -0.4 is 14.8 Å². The van der Waals surface area contributed by atoms with Crippen LogP contribution in [0, 0.1) is 0 Å². The van der Waals surface area contributed by atoms with Crippen LogP contribution in [0.1, 0.15) is 24.2 Å². The Kier molecular flexibility index (Phi) is 6.93. The Bertz CT molecular complexity index is 815. The fourth-order valence-electron chi connectivity index (χ4n) is 2.15. The molecule has 0 aromatic heterocycles. The summed E-state index contributed by atoms with van der Waals surface area (Å²) in [4.78, 5) is 35.3. The van der Waals surface area contributed by atoms with Crippen molar-refractivity contribution in [3.05, 3.63) is 54.1 Å². The van der Waals surface area contributed by atoms with Crippen LogP contribution in [0.25, 0.3) is 0 Å². The van der Waals surface area contributed by atoms with Crippen LogP contribution in [-0.2, 0) is 14.3 Å². The minimum atomic E-state index is -0.994. The van der Waals surface area contributed by atoms with E-state index in [1.165, 1.54) is 19.9 Å². The Morgan fingerprint density at radius 1 is 1.04 bits per heavy atom. The van der Waals surface area contributed by atoms with Crippen molar-refractivity contribution in [3.63, 3.8) is 0 Å². The second kappa shape index (κ2) is 9.38. The van der Waals surface area contributed by atoms with Gasteiger partial charge in [0.15, 0.2) is 18.5 Å². The lowest BCUT2D eigenvalue weighted by atomic mass is 10.1. The summed E-state index contributed by atoms with van der Waals surface area (Å²) in [6.45, 7) is 2.53. The zero-order chi connectivity index (χ0) is 19.8. The molecule has 0 aliphatic rings. The minimum Gasteiger partial charge on any atom is -0.497 e. The molecule has 0 radical (unpaired) electrons. The van der Waals surface area contributed by atoms with E-state index >= 15 is 0 Å². The van der Waals surface area contributed by atoms with Crippen molar-refractivity contribution >= 4 is 23.3 Å². The van der Waals surface area contributed by atoms with E-state index in [2.05, 4.69) is 5.32 Å². The first kappa shape index (κ1) is 20.0. The third-order valence-corrected chi connectivity index (χ3v) is 3.63. The smallest absolute Gasteiger partial charge is 0.344 e. The molecule has 1 N–H and O–H groups in total.